The first-order valence-corrected chi connectivity index (χ1v) is 7.03. The van der Waals surface area contributed by atoms with Crippen molar-refractivity contribution in [2.45, 2.75) is 39.2 Å². The van der Waals surface area contributed by atoms with Gasteiger partial charge in [0, 0.05) is 18.8 Å². The second-order valence-corrected chi connectivity index (χ2v) is 5.43. The molecule has 0 spiro atoms. The molecule has 2 N–H and O–H groups in total. The lowest BCUT2D eigenvalue weighted by Crippen LogP contribution is -2.23. The fraction of sp³-hybridized carbons (Fsp3) is 0.667. The fourth-order valence-corrected chi connectivity index (χ4v) is 2.55. The SMILES string of the molecule is CCNc1ncc(Br)c(NC2CCCC2C)n1. The molecule has 0 aromatic carbocycles. The Balaban J connectivity index is 2.10. The van der Waals surface area contributed by atoms with Crippen LogP contribution in [-0.2, 0) is 0 Å². The number of hydrogen-bond donors (Lipinski definition) is 2. The molecular weight excluding hydrogens is 280 g/mol. The van der Waals surface area contributed by atoms with Gasteiger partial charge in [0.25, 0.3) is 0 Å². The van der Waals surface area contributed by atoms with Gasteiger partial charge >= 0.3 is 0 Å². The Labute approximate surface area is 111 Å². The normalized spacial score (nSPS) is 23.7. The summed E-state index contributed by atoms with van der Waals surface area (Å²) in [7, 11) is 0. The van der Waals surface area contributed by atoms with Gasteiger partial charge < -0.3 is 10.6 Å². The minimum absolute atomic E-state index is 0.538. The Morgan fingerprint density at radius 3 is 2.94 bits per heavy atom. The number of nitrogens with one attached hydrogen (secondary N) is 2. The highest BCUT2D eigenvalue weighted by molar-refractivity contribution is 9.10. The van der Waals surface area contributed by atoms with Crippen molar-refractivity contribution in [2.75, 3.05) is 17.2 Å². The molecule has 0 aliphatic heterocycles. The number of anilines is 2. The maximum Gasteiger partial charge on any atom is 0.224 e. The van der Waals surface area contributed by atoms with Crippen LogP contribution in [0.4, 0.5) is 11.8 Å². The summed E-state index contributed by atoms with van der Waals surface area (Å²) < 4.78 is 0.929. The Morgan fingerprint density at radius 2 is 2.29 bits per heavy atom. The van der Waals surface area contributed by atoms with Crippen molar-refractivity contribution in [1.82, 2.24) is 9.97 Å². The molecule has 2 unspecified atom stereocenters. The van der Waals surface area contributed by atoms with Crippen molar-refractivity contribution in [3.8, 4) is 0 Å². The Bertz CT molecular complexity index is 383. The first-order valence-electron chi connectivity index (χ1n) is 6.23. The van der Waals surface area contributed by atoms with E-state index in [9.17, 15) is 0 Å². The van der Waals surface area contributed by atoms with Crippen molar-refractivity contribution in [2.24, 2.45) is 5.92 Å². The molecule has 1 heterocycles. The molecule has 1 fully saturated rings. The van der Waals surface area contributed by atoms with Gasteiger partial charge in [-0.3, -0.25) is 0 Å². The summed E-state index contributed by atoms with van der Waals surface area (Å²) in [6.45, 7) is 5.17. The topological polar surface area (TPSA) is 49.8 Å². The number of hydrogen-bond acceptors (Lipinski definition) is 4. The molecule has 1 aromatic rings. The standard InChI is InChI=1S/C12H19BrN4/c1-3-14-12-15-7-9(13)11(17-12)16-10-6-4-5-8(10)2/h7-8,10H,3-6H2,1-2H3,(H2,14,15,16,17). The highest BCUT2D eigenvalue weighted by atomic mass is 79.9. The van der Waals surface area contributed by atoms with E-state index in [0.29, 0.717) is 12.0 Å². The van der Waals surface area contributed by atoms with Crippen LogP contribution >= 0.6 is 15.9 Å². The van der Waals surface area contributed by atoms with Gasteiger partial charge in [0.1, 0.15) is 5.82 Å². The Hall–Kier alpha value is -0.840. The van der Waals surface area contributed by atoms with E-state index in [2.05, 4.69) is 43.5 Å². The van der Waals surface area contributed by atoms with Crippen LogP contribution in [0.1, 0.15) is 33.1 Å². The third kappa shape index (κ3) is 3.09. The first kappa shape index (κ1) is 12.6. The minimum Gasteiger partial charge on any atom is -0.366 e. The smallest absolute Gasteiger partial charge is 0.224 e. The van der Waals surface area contributed by atoms with Crippen molar-refractivity contribution in [3.05, 3.63) is 10.7 Å². The van der Waals surface area contributed by atoms with Crippen LogP contribution in [0.15, 0.2) is 10.7 Å². The zero-order valence-electron chi connectivity index (χ0n) is 10.3. The molecule has 1 aromatic heterocycles. The molecule has 5 heteroatoms. The summed E-state index contributed by atoms with van der Waals surface area (Å²) in [5.41, 5.74) is 0. The summed E-state index contributed by atoms with van der Waals surface area (Å²) in [6, 6.07) is 0.538. The first-order chi connectivity index (χ1) is 8.20. The third-order valence-corrected chi connectivity index (χ3v) is 3.84. The molecule has 17 heavy (non-hydrogen) atoms. The molecule has 1 aliphatic rings. The predicted octanol–water partition coefficient (Wildman–Crippen LogP) is 3.27. The lowest BCUT2D eigenvalue weighted by molar-refractivity contribution is 0.554. The zero-order valence-corrected chi connectivity index (χ0v) is 11.9. The maximum atomic E-state index is 4.48. The van der Waals surface area contributed by atoms with E-state index in [1.54, 1.807) is 6.20 Å². The number of aromatic nitrogens is 2. The van der Waals surface area contributed by atoms with Crippen molar-refractivity contribution in [3.63, 3.8) is 0 Å². The van der Waals surface area contributed by atoms with Gasteiger partial charge in [0.15, 0.2) is 0 Å². The van der Waals surface area contributed by atoms with Crippen LogP contribution in [0.25, 0.3) is 0 Å². The van der Waals surface area contributed by atoms with Crippen LogP contribution in [0.3, 0.4) is 0 Å². The number of halogens is 1. The van der Waals surface area contributed by atoms with Crippen LogP contribution in [0, 0.1) is 5.92 Å². The largest absolute Gasteiger partial charge is 0.366 e. The monoisotopic (exact) mass is 298 g/mol. The lowest BCUT2D eigenvalue weighted by Gasteiger charge is -2.19. The van der Waals surface area contributed by atoms with Crippen LogP contribution < -0.4 is 10.6 Å². The van der Waals surface area contributed by atoms with Gasteiger partial charge in [-0.1, -0.05) is 13.3 Å². The van der Waals surface area contributed by atoms with Crippen molar-refractivity contribution in [1.29, 1.82) is 0 Å². The van der Waals surface area contributed by atoms with Gasteiger partial charge in [-0.2, -0.15) is 4.98 Å². The van der Waals surface area contributed by atoms with E-state index >= 15 is 0 Å². The van der Waals surface area contributed by atoms with Gasteiger partial charge in [-0.05, 0) is 41.6 Å². The van der Waals surface area contributed by atoms with Crippen LogP contribution in [0.2, 0.25) is 0 Å². The summed E-state index contributed by atoms with van der Waals surface area (Å²) in [4.78, 5) is 8.69. The average Bonchev–Trinajstić information content (AvgIpc) is 2.70. The molecular formula is C12H19BrN4. The summed E-state index contributed by atoms with van der Waals surface area (Å²) >= 11 is 3.49. The third-order valence-electron chi connectivity index (χ3n) is 3.26. The van der Waals surface area contributed by atoms with E-state index in [4.69, 9.17) is 0 Å². The maximum absolute atomic E-state index is 4.48. The van der Waals surface area contributed by atoms with Crippen molar-refractivity contribution >= 4 is 27.7 Å². The molecule has 4 nitrogen and oxygen atoms in total. The second kappa shape index (κ2) is 5.67. The van der Waals surface area contributed by atoms with Gasteiger partial charge in [-0.25, -0.2) is 4.98 Å². The predicted molar refractivity (Wildman–Crippen MR) is 74.3 cm³/mol. The van der Waals surface area contributed by atoms with Gasteiger partial charge in [0.05, 0.1) is 4.47 Å². The highest BCUT2D eigenvalue weighted by Gasteiger charge is 2.24. The minimum atomic E-state index is 0.538. The molecule has 1 aliphatic carbocycles. The fourth-order valence-electron chi connectivity index (χ4n) is 2.25. The summed E-state index contributed by atoms with van der Waals surface area (Å²) in [6.07, 6.45) is 5.64. The molecule has 94 valence electrons. The van der Waals surface area contributed by atoms with E-state index < -0.39 is 0 Å². The number of nitrogens with zero attached hydrogens (tertiary/aromatic N) is 2. The average molecular weight is 299 g/mol. The highest BCUT2D eigenvalue weighted by Crippen LogP contribution is 2.30. The quantitative estimate of drug-likeness (QED) is 0.896. The molecule has 0 bridgehead atoms. The second-order valence-electron chi connectivity index (χ2n) is 4.58. The lowest BCUT2D eigenvalue weighted by atomic mass is 10.1. The van der Waals surface area contributed by atoms with Crippen LogP contribution in [0.5, 0.6) is 0 Å². The van der Waals surface area contributed by atoms with Gasteiger partial charge in [0.2, 0.25) is 5.95 Å². The number of rotatable bonds is 4. The molecule has 1 saturated carbocycles. The summed E-state index contributed by atoms with van der Waals surface area (Å²) in [5.74, 6) is 2.30. The Kier molecular flexibility index (Phi) is 4.20. The van der Waals surface area contributed by atoms with E-state index in [1.165, 1.54) is 19.3 Å². The van der Waals surface area contributed by atoms with Gasteiger partial charge in [-0.15, -0.1) is 0 Å². The molecule has 0 saturated heterocycles. The zero-order chi connectivity index (χ0) is 12.3. The van der Waals surface area contributed by atoms with E-state index in [0.717, 1.165) is 22.8 Å². The van der Waals surface area contributed by atoms with E-state index in [1.807, 2.05) is 6.92 Å². The Morgan fingerprint density at radius 1 is 1.47 bits per heavy atom. The van der Waals surface area contributed by atoms with Crippen LogP contribution in [-0.4, -0.2) is 22.6 Å². The molecule has 0 amide bonds. The molecule has 2 rings (SSSR count). The van der Waals surface area contributed by atoms with E-state index in [-0.39, 0.29) is 0 Å². The molecule has 2 atom stereocenters. The molecule has 0 radical (unpaired) electrons. The van der Waals surface area contributed by atoms with Crippen molar-refractivity contribution < 1.29 is 0 Å². The summed E-state index contributed by atoms with van der Waals surface area (Å²) in [5, 5.41) is 6.65.